The fourth-order valence-electron chi connectivity index (χ4n) is 1.12. The van der Waals surface area contributed by atoms with Crippen molar-refractivity contribution < 1.29 is 49.5 Å². The van der Waals surface area contributed by atoms with Crippen molar-refractivity contribution in [2.75, 3.05) is 0 Å². The van der Waals surface area contributed by atoms with Crippen LogP contribution in [-0.4, -0.2) is 0 Å². The summed E-state index contributed by atoms with van der Waals surface area (Å²) >= 11 is 1.62. The van der Waals surface area contributed by atoms with Gasteiger partial charge in [0.2, 0.25) is 0 Å². The van der Waals surface area contributed by atoms with Crippen molar-refractivity contribution in [2.24, 2.45) is 0 Å². The molecule has 3 heteroatoms. The van der Waals surface area contributed by atoms with Gasteiger partial charge in [-0.1, -0.05) is 0 Å². The van der Waals surface area contributed by atoms with Crippen molar-refractivity contribution in [2.45, 2.75) is 29.8 Å². The molecular weight excluding hydrogens is 270 g/mol. The van der Waals surface area contributed by atoms with Crippen LogP contribution in [0.15, 0.2) is 23.8 Å². The maximum atomic E-state index is 2.40. The first-order valence-electron chi connectivity index (χ1n) is 3.93. The van der Waals surface area contributed by atoms with Gasteiger partial charge in [0.1, 0.15) is 0 Å². The first-order valence-corrected chi connectivity index (χ1v) is 5.35. The summed E-state index contributed by atoms with van der Waals surface area (Å²) in [7, 11) is 0. The van der Waals surface area contributed by atoms with Gasteiger partial charge >= 0.3 is 78.3 Å². The Morgan fingerprint density at radius 1 is 1.42 bits per heavy atom. The fraction of sp³-hybridized carbons (Fsp3) is 0.556. The number of hydrogen-bond acceptors (Lipinski definition) is 0. The van der Waals surface area contributed by atoms with Gasteiger partial charge in [0, 0.05) is 0 Å². The van der Waals surface area contributed by atoms with Crippen molar-refractivity contribution in [3.05, 3.63) is 23.8 Å². The third-order valence-corrected chi connectivity index (χ3v) is 2.61. The van der Waals surface area contributed by atoms with Gasteiger partial charge in [0.15, 0.2) is 0 Å². The molecule has 0 radical (unpaired) electrons. The standard InChI is InChI=1S/C9H13.2ClH.Zr/c1-2-3-6-9-7-4-5-8-9;;;/h4-5,7-8H,2-3,6H2,1H3;2*1H;/q;;;+3/p-2. The zero-order chi connectivity index (χ0) is 7.40. The molecule has 0 aromatic rings. The van der Waals surface area contributed by atoms with Gasteiger partial charge in [-0.2, -0.15) is 0 Å². The van der Waals surface area contributed by atoms with Crippen LogP contribution < -0.4 is 24.8 Å². The van der Waals surface area contributed by atoms with E-state index in [1.54, 1.807) is 30.3 Å². The molecule has 1 unspecified atom stereocenters. The van der Waals surface area contributed by atoms with E-state index in [0.29, 0.717) is 0 Å². The normalized spacial score (nSPS) is 19.6. The van der Waals surface area contributed by atoms with Gasteiger partial charge < -0.3 is 24.8 Å². The molecule has 0 aromatic carbocycles. The second-order valence-electron chi connectivity index (χ2n) is 2.73. The van der Waals surface area contributed by atoms with Gasteiger partial charge in [-0.3, -0.25) is 0 Å². The van der Waals surface area contributed by atoms with Crippen LogP contribution >= 0.6 is 0 Å². The van der Waals surface area contributed by atoms with Crippen molar-refractivity contribution in [3.63, 3.8) is 0 Å². The van der Waals surface area contributed by atoms with Crippen molar-refractivity contribution in [1.29, 1.82) is 0 Å². The molecule has 0 aliphatic heterocycles. The van der Waals surface area contributed by atoms with Crippen LogP contribution in [0.4, 0.5) is 0 Å². The van der Waals surface area contributed by atoms with Crippen LogP contribution in [0.1, 0.15) is 26.2 Å². The molecule has 0 heterocycles. The van der Waals surface area contributed by atoms with Crippen LogP contribution in [0.3, 0.4) is 0 Å². The SMILES string of the molecule is CCCCC1=C[CH]([Zr+3])C=C1.[Cl-].[Cl-]. The zero-order valence-electron chi connectivity index (χ0n) is 7.19. The molecule has 0 aromatic heterocycles. The van der Waals surface area contributed by atoms with Gasteiger partial charge in [-0.05, 0) is 0 Å². The monoisotopic (exact) mass is 281 g/mol. The molecule has 0 spiro atoms. The van der Waals surface area contributed by atoms with E-state index in [1.165, 1.54) is 19.3 Å². The number of halogens is 2. The smallest absolute Gasteiger partial charge is 1.00 e. The van der Waals surface area contributed by atoms with Crippen molar-refractivity contribution in [3.8, 4) is 0 Å². The summed E-state index contributed by atoms with van der Waals surface area (Å²) < 4.78 is 0.777. The van der Waals surface area contributed by atoms with Crippen LogP contribution in [-0.2, 0) is 24.7 Å². The number of unbranched alkanes of at least 4 members (excludes halogenated alkanes) is 1. The Hall–Kier alpha value is 0.943. The zero-order valence-corrected chi connectivity index (χ0v) is 11.2. The Labute approximate surface area is 103 Å². The van der Waals surface area contributed by atoms with Crippen LogP contribution in [0.25, 0.3) is 0 Å². The molecule has 1 rings (SSSR count). The Bertz CT molecular complexity index is 164. The van der Waals surface area contributed by atoms with E-state index < -0.39 is 0 Å². The summed E-state index contributed by atoms with van der Waals surface area (Å²) in [4.78, 5) is 0. The second kappa shape index (κ2) is 8.54. The maximum Gasteiger partial charge on any atom is -1.00 e. The van der Waals surface area contributed by atoms with E-state index in [1.807, 2.05) is 0 Å². The molecule has 1 aliphatic carbocycles. The molecule has 0 saturated carbocycles. The Morgan fingerprint density at radius 2 is 2.08 bits per heavy atom. The molecule has 1 atom stereocenters. The third-order valence-electron chi connectivity index (χ3n) is 1.73. The van der Waals surface area contributed by atoms with Crippen LogP contribution in [0.2, 0.25) is 3.63 Å². The minimum absolute atomic E-state index is 0. The average molecular weight is 283 g/mol. The van der Waals surface area contributed by atoms with Gasteiger partial charge in [-0.25, -0.2) is 0 Å². The Balaban J connectivity index is 0. The number of allylic oxidation sites excluding steroid dienone is 4. The third kappa shape index (κ3) is 5.57. The molecule has 0 amide bonds. The summed E-state index contributed by atoms with van der Waals surface area (Å²) in [6, 6.07) is 0. The fourth-order valence-corrected chi connectivity index (χ4v) is 1.88. The number of hydrogen-bond donors (Lipinski definition) is 0. The predicted octanol–water partition coefficient (Wildman–Crippen LogP) is -2.98. The van der Waals surface area contributed by atoms with Gasteiger partial charge in [0.05, 0.1) is 0 Å². The Morgan fingerprint density at radius 3 is 2.50 bits per heavy atom. The molecule has 12 heavy (non-hydrogen) atoms. The second-order valence-corrected chi connectivity index (χ2v) is 4.37. The molecule has 0 N–H and O–H groups in total. The maximum absolute atomic E-state index is 2.40. The minimum Gasteiger partial charge on any atom is -1.00 e. The first-order chi connectivity index (χ1) is 4.83. The van der Waals surface area contributed by atoms with E-state index in [4.69, 9.17) is 0 Å². The summed E-state index contributed by atoms with van der Waals surface area (Å²) in [6.45, 7) is 2.24. The summed E-state index contributed by atoms with van der Waals surface area (Å²) in [5.74, 6) is 0. The van der Waals surface area contributed by atoms with Gasteiger partial charge in [-0.15, -0.1) is 0 Å². The summed E-state index contributed by atoms with van der Waals surface area (Å²) in [6.07, 6.45) is 10.9. The van der Waals surface area contributed by atoms with Crippen molar-refractivity contribution >= 4 is 0 Å². The van der Waals surface area contributed by atoms with Crippen molar-refractivity contribution in [1.82, 2.24) is 0 Å². The predicted molar refractivity (Wildman–Crippen MR) is 40.5 cm³/mol. The molecule has 0 nitrogen and oxygen atoms in total. The largest absolute Gasteiger partial charge is 1.00 e. The van der Waals surface area contributed by atoms with E-state index >= 15 is 0 Å². The van der Waals surface area contributed by atoms with E-state index in [0.717, 1.165) is 3.63 Å². The summed E-state index contributed by atoms with van der Waals surface area (Å²) in [5, 5.41) is 0. The average Bonchev–Trinajstić information content (AvgIpc) is 2.31. The topological polar surface area (TPSA) is 0 Å². The quantitative estimate of drug-likeness (QED) is 0.518. The van der Waals surface area contributed by atoms with E-state index in [-0.39, 0.29) is 24.8 Å². The Kier molecular flexibility index (Phi) is 11.0. The molecule has 0 fully saturated rings. The molecule has 66 valence electrons. The molecule has 0 bridgehead atoms. The van der Waals surface area contributed by atoms with Crippen LogP contribution in [0, 0.1) is 0 Å². The first kappa shape index (κ1) is 15.4. The van der Waals surface area contributed by atoms with E-state index in [2.05, 4.69) is 25.2 Å². The summed E-state index contributed by atoms with van der Waals surface area (Å²) in [5.41, 5.74) is 1.56. The van der Waals surface area contributed by atoms with Crippen LogP contribution in [0.5, 0.6) is 0 Å². The molecule has 0 saturated heterocycles. The molecular formula is C9H13Cl2Zr+. The molecule has 1 aliphatic rings. The van der Waals surface area contributed by atoms with E-state index in [9.17, 15) is 0 Å². The number of rotatable bonds is 3. The van der Waals surface area contributed by atoms with Gasteiger partial charge in [0.25, 0.3) is 0 Å². The minimum atomic E-state index is 0.